The molecule has 0 spiro atoms. The lowest BCUT2D eigenvalue weighted by Gasteiger charge is -2.14. The molecule has 3 atom stereocenters. The number of rotatable bonds is 2. The van der Waals surface area contributed by atoms with Gasteiger partial charge in [0.05, 0.1) is 6.10 Å². The molecular weight excluding hydrogens is 166 g/mol. The highest BCUT2D eigenvalue weighted by atomic mass is 16.3. The van der Waals surface area contributed by atoms with Crippen molar-refractivity contribution in [2.45, 2.75) is 32.3 Å². The summed E-state index contributed by atoms with van der Waals surface area (Å²) in [4.78, 5) is 13.4. The molecule has 3 nitrogen and oxygen atoms in total. The summed E-state index contributed by atoms with van der Waals surface area (Å²) in [7, 11) is 0. The third-order valence-corrected chi connectivity index (χ3v) is 3.23. The highest BCUT2D eigenvalue weighted by molar-refractivity contribution is 5.77. The predicted octanol–water partition coefficient (Wildman–Crippen LogP) is 0.626. The first-order chi connectivity index (χ1) is 6.16. The minimum atomic E-state index is -0.277. The number of carbonyl (C=O) groups is 1. The molecule has 1 N–H and O–H groups in total. The van der Waals surface area contributed by atoms with Gasteiger partial charge >= 0.3 is 0 Å². The van der Waals surface area contributed by atoms with Crippen molar-refractivity contribution in [2.75, 3.05) is 13.1 Å². The van der Waals surface area contributed by atoms with E-state index in [-0.39, 0.29) is 12.0 Å². The summed E-state index contributed by atoms with van der Waals surface area (Å²) in [5, 5.41) is 9.26. The average molecular weight is 183 g/mol. The molecule has 0 aromatic rings. The largest absolute Gasteiger partial charge is 0.391 e. The van der Waals surface area contributed by atoms with Gasteiger partial charge in [0.15, 0.2) is 0 Å². The Labute approximate surface area is 78.7 Å². The van der Waals surface area contributed by atoms with Gasteiger partial charge in [-0.05, 0) is 24.7 Å². The van der Waals surface area contributed by atoms with Crippen LogP contribution in [0.5, 0.6) is 0 Å². The zero-order valence-electron chi connectivity index (χ0n) is 8.07. The van der Waals surface area contributed by atoms with Gasteiger partial charge in [-0.1, -0.05) is 6.92 Å². The minimum Gasteiger partial charge on any atom is -0.391 e. The summed E-state index contributed by atoms with van der Waals surface area (Å²) in [6, 6.07) is 0. The third kappa shape index (κ3) is 2.02. The first kappa shape index (κ1) is 9.00. The SMILES string of the molecule is CC1CC1CC(=O)N1CC[C@H](O)C1. The third-order valence-electron chi connectivity index (χ3n) is 3.23. The number of nitrogens with zero attached hydrogens (tertiary/aromatic N) is 1. The maximum Gasteiger partial charge on any atom is 0.222 e. The zero-order chi connectivity index (χ0) is 9.42. The molecule has 2 fully saturated rings. The van der Waals surface area contributed by atoms with Crippen LogP contribution >= 0.6 is 0 Å². The van der Waals surface area contributed by atoms with Crippen LogP contribution in [0.1, 0.15) is 26.2 Å². The van der Waals surface area contributed by atoms with Crippen LogP contribution in [0.25, 0.3) is 0 Å². The first-order valence-electron chi connectivity index (χ1n) is 5.12. The van der Waals surface area contributed by atoms with Crippen molar-refractivity contribution >= 4 is 5.91 Å². The number of amides is 1. The number of aliphatic hydroxyl groups is 1. The molecule has 0 radical (unpaired) electrons. The zero-order valence-corrected chi connectivity index (χ0v) is 8.07. The molecule has 1 aliphatic heterocycles. The van der Waals surface area contributed by atoms with Crippen molar-refractivity contribution in [3.63, 3.8) is 0 Å². The molecule has 1 saturated heterocycles. The molecule has 0 aromatic carbocycles. The van der Waals surface area contributed by atoms with E-state index < -0.39 is 0 Å². The van der Waals surface area contributed by atoms with Gasteiger partial charge < -0.3 is 10.0 Å². The molecule has 0 bridgehead atoms. The van der Waals surface area contributed by atoms with Crippen LogP contribution in [-0.4, -0.2) is 35.1 Å². The predicted molar refractivity (Wildman–Crippen MR) is 49.1 cm³/mol. The number of aliphatic hydroxyl groups excluding tert-OH is 1. The highest BCUT2D eigenvalue weighted by Crippen LogP contribution is 2.40. The molecule has 2 aliphatic rings. The molecule has 74 valence electrons. The second kappa shape index (κ2) is 3.29. The van der Waals surface area contributed by atoms with Crippen LogP contribution in [0.3, 0.4) is 0 Å². The van der Waals surface area contributed by atoms with Crippen LogP contribution in [0.4, 0.5) is 0 Å². The van der Waals surface area contributed by atoms with Crippen LogP contribution < -0.4 is 0 Å². The number of likely N-dealkylation sites (tertiary alicyclic amines) is 1. The smallest absolute Gasteiger partial charge is 0.222 e. The lowest BCUT2D eigenvalue weighted by molar-refractivity contribution is -0.130. The minimum absolute atomic E-state index is 0.242. The second-order valence-corrected chi connectivity index (χ2v) is 4.46. The number of carbonyl (C=O) groups excluding carboxylic acids is 1. The van der Waals surface area contributed by atoms with Gasteiger partial charge in [-0.2, -0.15) is 0 Å². The molecule has 2 unspecified atom stereocenters. The van der Waals surface area contributed by atoms with E-state index in [1.165, 1.54) is 6.42 Å². The normalized spacial score (nSPS) is 38.0. The quantitative estimate of drug-likeness (QED) is 0.682. The molecule has 1 aliphatic carbocycles. The van der Waals surface area contributed by atoms with Crippen LogP contribution in [0, 0.1) is 11.8 Å². The van der Waals surface area contributed by atoms with E-state index in [1.54, 1.807) is 4.90 Å². The summed E-state index contributed by atoms with van der Waals surface area (Å²) < 4.78 is 0. The van der Waals surface area contributed by atoms with Gasteiger partial charge in [-0.15, -0.1) is 0 Å². The second-order valence-electron chi connectivity index (χ2n) is 4.46. The molecule has 2 rings (SSSR count). The molecule has 1 saturated carbocycles. The number of β-amino-alcohol motifs (C(OH)–C–C–N with tert-alkyl or cyclic N) is 1. The Bertz CT molecular complexity index is 217. The van der Waals surface area contributed by atoms with Crippen molar-refractivity contribution in [1.29, 1.82) is 0 Å². The average Bonchev–Trinajstić information content (AvgIpc) is 2.62. The topological polar surface area (TPSA) is 40.5 Å². The highest BCUT2D eigenvalue weighted by Gasteiger charge is 2.36. The Balaban J connectivity index is 1.77. The van der Waals surface area contributed by atoms with Crippen molar-refractivity contribution in [1.82, 2.24) is 4.90 Å². The Hall–Kier alpha value is -0.570. The summed E-state index contributed by atoms with van der Waals surface area (Å²) in [6.45, 7) is 3.50. The van der Waals surface area contributed by atoms with Gasteiger partial charge in [-0.3, -0.25) is 4.79 Å². The lowest BCUT2D eigenvalue weighted by atomic mass is 10.2. The van der Waals surface area contributed by atoms with Crippen LogP contribution in [-0.2, 0) is 4.79 Å². The van der Waals surface area contributed by atoms with E-state index in [9.17, 15) is 9.90 Å². The van der Waals surface area contributed by atoms with E-state index >= 15 is 0 Å². The Morgan fingerprint density at radius 3 is 2.77 bits per heavy atom. The fraction of sp³-hybridized carbons (Fsp3) is 0.900. The first-order valence-corrected chi connectivity index (χ1v) is 5.12. The van der Waals surface area contributed by atoms with E-state index in [4.69, 9.17) is 0 Å². The maximum absolute atomic E-state index is 11.6. The fourth-order valence-electron chi connectivity index (χ4n) is 2.01. The number of hydrogen-bond acceptors (Lipinski definition) is 2. The Morgan fingerprint density at radius 2 is 2.31 bits per heavy atom. The number of hydrogen-bond donors (Lipinski definition) is 1. The maximum atomic E-state index is 11.6. The molecule has 1 heterocycles. The Morgan fingerprint density at radius 1 is 1.62 bits per heavy atom. The molecule has 13 heavy (non-hydrogen) atoms. The molecule has 1 amide bonds. The van der Waals surface area contributed by atoms with Crippen LogP contribution in [0.15, 0.2) is 0 Å². The monoisotopic (exact) mass is 183 g/mol. The lowest BCUT2D eigenvalue weighted by Crippen LogP contribution is -2.29. The van der Waals surface area contributed by atoms with Gasteiger partial charge in [0.25, 0.3) is 0 Å². The van der Waals surface area contributed by atoms with Crippen molar-refractivity contribution in [2.24, 2.45) is 11.8 Å². The van der Waals surface area contributed by atoms with Crippen molar-refractivity contribution in [3.05, 3.63) is 0 Å². The Kier molecular flexibility index (Phi) is 2.28. The van der Waals surface area contributed by atoms with E-state index in [0.717, 1.165) is 18.9 Å². The molecule has 3 heteroatoms. The molecular formula is C10H17NO2. The summed E-state index contributed by atoms with van der Waals surface area (Å²) in [5.74, 6) is 1.62. The van der Waals surface area contributed by atoms with E-state index in [0.29, 0.717) is 18.9 Å². The molecule has 0 aromatic heterocycles. The van der Waals surface area contributed by atoms with Gasteiger partial charge in [0, 0.05) is 19.5 Å². The fourth-order valence-corrected chi connectivity index (χ4v) is 2.01. The standard InChI is InChI=1S/C10H17NO2/c1-7-4-8(7)5-10(13)11-3-2-9(12)6-11/h7-9,12H,2-6H2,1H3/t7?,8?,9-/m0/s1. The van der Waals surface area contributed by atoms with Gasteiger partial charge in [0.1, 0.15) is 0 Å². The summed E-state index contributed by atoms with van der Waals surface area (Å²) in [5.41, 5.74) is 0. The summed E-state index contributed by atoms with van der Waals surface area (Å²) >= 11 is 0. The van der Waals surface area contributed by atoms with Gasteiger partial charge in [0.2, 0.25) is 5.91 Å². The van der Waals surface area contributed by atoms with E-state index in [2.05, 4.69) is 6.92 Å². The van der Waals surface area contributed by atoms with Gasteiger partial charge in [-0.25, -0.2) is 0 Å². The van der Waals surface area contributed by atoms with Crippen LogP contribution in [0.2, 0.25) is 0 Å². The van der Waals surface area contributed by atoms with E-state index in [1.807, 2.05) is 0 Å². The van der Waals surface area contributed by atoms with Crippen molar-refractivity contribution < 1.29 is 9.90 Å². The van der Waals surface area contributed by atoms with Crippen molar-refractivity contribution in [3.8, 4) is 0 Å². The summed E-state index contributed by atoms with van der Waals surface area (Å²) in [6.07, 6.45) is 2.39.